The monoisotopic (exact) mass is 411 g/mol. The SMILES string of the molecule is CC(C)NC(=O)[C@@H]1C[C@@H](NC2Cc3ccccc3C2)CN1Cc1ccc(Cl)cc1. The number of amides is 1. The van der Waals surface area contributed by atoms with Crippen LogP contribution in [-0.4, -0.2) is 41.5 Å². The molecule has 0 aromatic heterocycles. The van der Waals surface area contributed by atoms with Crippen LogP contribution in [0.15, 0.2) is 48.5 Å². The Morgan fingerprint density at radius 1 is 1.07 bits per heavy atom. The van der Waals surface area contributed by atoms with Crippen LogP contribution in [0.4, 0.5) is 0 Å². The van der Waals surface area contributed by atoms with Crippen molar-refractivity contribution in [3.05, 3.63) is 70.2 Å². The lowest BCUT2D eigenvalue weighted by atomic mass is 10.1. The maximum atomic E-state index is 12.9. The molecule has 1 aliphatic heterocycles. The second-order valence-electron chi connectivity index (χ2n) is 8.71. The van der Waals surface area contributed by atoms with Gasteiger partial charge in [-0.2, -0.15) is 0 Å². The van der Waals surface area contributed by atoms with Gasteiger partial charge in [-0.1, -0.05) is 48.0 Å². The Morgan fingerprint density at radius 2 is 1.72 bits per heavy atom. The number of carbonyl (C=O) groups excluding carboxylic acids is 1. The summed E-state index contributed by atoms with van der Waals surface area (Å²) in [6, 6.07) is 17.5. The number of carbonyl (C=O) groups is 1. The van der Waals surface area contributed by atoms with E-state index < -0.39 is 0 Å². The second-order valence-corrected chi connectivity index (χ2v) is 9.14. The van der Waals surface area contributed by atoms with E-state index in [1.807, 2.05) is 38.1 Å². The van der Waals surface area contributed by atoms with Crippen LogP contribution in [0, 0.1) is 0 Å². The summed E-state index contributed by atoms with van der Waals surface area (Å²) in [5.41, 5.74) is 4.09. The number of rotatable bonds is 6. The molecular formula is C24H30ClN3O. The Balaban J connectivity index is 1.43. The Morgan fingerprint density at radius 3 is 2.34 bits per heavy atom. The number of fused-ring (bicyclic) bond motifs is 1. The summed E-state index contributed by atoms with van der Waals surface area (Å²) in [4.78, 5) is 15.2. The topological polar surface area (TPSA) is 44.4 Å². The number of hydrogen-bond donors (Lipinski definition) is 2. The van der Waals surface area contributed by atoms with Crippen molar-refractivity contribution in [1.29, 1.82) is 0 Å². The van der Waals surface area contributed by atoms with Crippen molar-refractivity contribution in [2.75, 3.05) is 6.54 Å². The molecule has 0 saturated carbocycles. The van der Waals surface area contributed by atoms with Gasteiger partial charge in [0.25, 0.3) is 0 Å². The molecule has 0 spiro atoms. The van der Waals surface area contributed by atoms with Gasteiger partial charge in [-0.3, -0.25) is 9.69 Å². The van der Waals surface area contributed by atoms with E-state index >= 15 is 0 Å². The van der Waals surface area contributed by atoms with Crippen molar-refractivity contribution >= 4 is 17.5 Å². The van der Waals surface area contributed by atoms with Gasteiger partial charge in [0.15, 0.2) is 0 Å². The van der Waals surface area contributed by atoms with E-state index in [4.69, 9.17) is 11.6 Å². The molecule has 1 aliphatic carbocycles. The summed E-state index contributed by atoms with van der Waals surface area (Å²) in [5.74, 6) is 0.132. The summed E-state index contributed by atoms with van der Waals surface area (Å²) in [6.45, 7) is 5.67. The minimum absolute atomic E-state index is 0.102. The van der Waals surface area contributed by atoms with Crippen molar-refractivity contribution in [3.8, 4) is 0 Å². The van der Waals surface area contributed by atoms with Crippen molar-refractivity contribution in [1.82, 2.24) is 15.5 Å². The standard InChI is InChI=1S/C24H30ClN3O/c1-16(2)26-24(29)23-13-22(15-28(23)14-17-7-9-20(25)10-8-17)27-21-11-18-5-3-4-6-19(18)12-21/h3-10,16,21-23,27H,11-15H2,1-2H3,(H,26,29)/t22-,23+/m1/s1. The fourth-order valence-corrected chi connectivity index (χ4v) is 4.81. The normalized spacial score (nSPS) is 22.2. The number of nitrogens with zero attached hydrogens (tertiary/aromatic N) is 1. The predicted octanol–water partition coefficient (Wildman–Crippen LogP) is 3.56. The Labute approximate surface area is 178 Å². The van der Waals surface area contributed by atoms with E-state index in [1.54, 1.807) is 0 Å². The third-order valence-electron chi connectivity index (χ3n) is 5.96. The highest BCUT2D eigenvalue weighted by molar-refractivity contribution is 6.30. The molecule has 0 radical (unpaired) electrons. The number of halogens is 1. The molecule has 154 valence electrons. The van der Waals surface area contributed by atoms with Gasteiger partial charge in [0.1, 0.15) is 0 Å². The third kappa shape index (κ3) is 5.00. The molecule has 1 heterocycles. The molecule has 4 nitrogen and oxygen atoms in total. The fourth-order valence-electron chi connectivity index (χ4n) is 4.69. The van der Waals surface area contributed by atoms with E-state index in [-0.39, 0.29) is 18.0 Å². The average molecular weight is 412 g/mol. The maximum Gasteiger partial charge on any atom is 0.237 e. The quantitative estimate of drug-likeness (QED) is 0.763. The summed E-state index contributed by atoms with van der Waals surface area (Å²) in [7, 11) is 0. The predicted molar refractivity (Wildman–Crippen MR) is 118 cm³/mol. The molecule has 1 fully saturated rings. The first-order chi connectivity index (χ1) is 14.0. The molecule has 29 heavy (non-hydrogen) atoms. The van der Waals surface area contributed by atoms with Gasteiger partial charge < -0.3 is 10.6 Å². The van der Waals surface area contributed by atoms with Crippen LogP contribution < -0.4 is 10.6 Å². The molecule has 2 atom stereocenters. The lowest BCUT2D eigenvalue weighted by molar-refractivity contribution is -0.126. The van der Waals surface area contributed by atoms with Crippen LogP contribution in [0.2, 0.25) is 5.02 Å². The van der Waals surface area contributed by atoms with Crippen molar-refractivity contribution in [3.63, 3.8) is 0 Å². The lowest BCUT2D eigenvalue weighted by Gasteiger charge is -2.24. The van der Waals surface area contributed by atoms with Gasteiger partial charge in [-0.15, -0.1) is 0 Å². The molecule has 1 amide bonds. The van der Waals surface area contributed by atoms with Crippen LogP contribution in [0.5, 0.6) is 0 Å². The molecule has 0 bridgehead atoms. The van der Waals surface area contributed by atoms with Crippen LogP contribution >= 0.6 is 11.6 Å². The molecule has 2 N–H and O–H groups in total. The van der Waals surface area contributed by atoms with Crippen LogP contribution in [0.3, 0.4) is 0 Å². The van der Waals surface area contributed by atoms with Gasteiger partial charge in [0, 0.05) is 36.2 Å². The Bertz CT molecular complexity index is 826. The lowest BCUT2D eigenvalue weighted by Crippen LogP contribution is -2.45. The third-order valence-corrected chi connectivity index (χ3v) is 6.21. The summed E-state index contributed by atoms with van der Waals surface area (Å²) in [6.07, 6.45) is 3.00. The summed E-state index contributed by atoms with van der Waals surface area (Å²) in [5, 5.41) is 7.69. The summed E-state index contributed by atoms with van der Waals surface area (Å²) < 4.78 is 0. The highest BCUT2D eigenvalue weighted by Crippen LogP contribution is 2.26. The number of benzene rings is 2. The largest absolute Gasteiger partial charge is 0.353 e. The number of hydrogen-bond acceptors (Lipinski definition) is 3. The Hall–Kier alpha value is -1.88. The Kier molecular flexibility index (Phi) is 6.23. The maximum absolute atomic E-state index is 12.9. The van der Waals surface area contributed by atoms with E-state index in [0.29, 0.717) is 12.1 Å². The zero-order valence-electron chi connectivity index (χ0n) is 17.2. The molecule has 0 unspecified atom stereocenters. The second kappa shape index (κ2) is 8.86. The van der Waals surface area contributed by atoms with Crippen molar-refractivity contribution in [2.45, 2.75) is 63.8 Å². The summed E-state index contributed by atoms with van der Waals surface area (Å²) >= 11 is 6.03. The van der Waals surface area contributed by atoms with Gasteiger partial charge in [-0.25, -0.2) is 0 Å². The molecule has 4 rings (SSSR count). The van der Waals surface area contributed by atoms with E-state index in [0.717, 1.165) is 37.4 Å². The number of nitrogens with one attached hydrogen (secondary N) is 2. The minimum Gasteiger partial charge on any atom is -0.353 e. The first-order valence-electron chi connectivity index (χ1n) is 10.6. The average Bonchev–Trinajstić information content (AvgIpc) is 3.26. The van der Waals surface area contributed by atoms with Crippen LogP contribution in [0.1, 0.15) is 37.0 Å². The highest BCUT2D eigenvalue weighted by atomic mass is 35.5. The zero-order chi connectivity index (χ0) is 20.4. The molecule has 2 aromatic carbocycles. The van der Waals surface area contributed by atoms with E-state index in [9.17, 15) is 4.79 Å². The number of likely N-dealkylation sites (tertiary alicyclic amines) is 1. The first-order valence-corrected chi connectivity index (χ1v) is 11.0. The highest BCUT2D eigenvalue weighted by Gasteiger charge is 2.38. The van der Waals surface area contributed by atoms with Crippen LogP contribution in [0.25, 0.3) is 0 Å². The zero-order valence-corrected chi connectivity index (χ0v) is 18.0. The van der Waals surface area contributed by atoms with Gasteiger partial charge >= 0.3 is 0 Å². The van der Waals surface area contributed by atoms with Gasteiger partial charge in [-0.05, 0) is 61.9 Å². The molecule has 1 saturated heterocycles. The first kappa shape index (κ1) is 20.4. The minimum atomic E-state index is -0.102. The van der Waals surface area contributed by atoms with Crippen molar-refractivity contribution < 1.29 is 4.79 Å². The van der Waals surface area contributed by atoms with Gasteiger partial charge in [0.2, 0.25) is 5.91 Å². The molecular weight excluding hydrogens is 382 g/mol. The smallest absolute Gasteiger partial charge is 0.237 e. The molecule has 2 aromatic rings. The molecule has 2 aliphatic rings. The van der Waals surface area contributed by atoms with E-state index in [2.05, 4.69) is 39.8 Å². The van der Waals surface area contributed by atoms with E-state index in [1.165, 1.54) is 16.7 Å². The van der Waals surface area contributed by atoms with Gasteiger partial charge in [0.05, 0.1) is 6.04 Å². The van der Waals surface area contributed by atoms with Crippen LogP contribution in [-0.2, 0) is 24.2 Å². The molecule has 5 heteroatoms. The fraction of sp³-hybridized carbons (Fsp3) is 0.458. The van der Waals surface area contributed by atoms with Crippen molar-refractivity contribution in [2.24, 2.45) is 0 Å².